The molecule has 8 heteroatoms. The van der Waals surface area contributed by atoms with Gasteiger partial charge >= 0.3 is 5.97 Å². The van der Waals surface area contributed by atoms with Gasteiger partial charge in [0.2, 0.25) is 5.91 Å². The third kappa shape index (κ3) is 6.27. The number of carbonyl (C=O) groups excluding carboxylic acids is 1. The number of carboxylic acid groups (broad SMARTS) is 1. The van der Waals surface area contributed by atoms with Crippen molar-refractivity contribution in [2.24, 2.45) is 0 Å². The first-order chi connectivity index (χ1) is 12.9. The van der Waals surface area contributed by atoms with Crippen LogP contribution in [0.2, 0.25) is 0 Å². The Kier molecular flexibility index (Phi) is 7.13. The minimum Gasteiger partial charge on any atom is -0.506 e. The first kappa shape index (κ1) is 20.2. The van der Waals surface area contributed by atoms with Gasteiger partial charge in [-0.15, -0.1) is 0 Å². The van der Waals surface area contributed by atoms with Gasteiger partial charge in [-0.1, -0.05) is 36.6 Å². The highest BCUT2D eigenvalue weighted by Gasteiger charge is 2.15. The molecule has 0 radical (unpaired) electrons. The first-order valence-electron chi connectivity index (χ1n) is 8.06. The number of rotatable bonds is 7. The fraction of sp³-hybridized carbons (Fsp3) is 0.158. The molecule has 0 unspecified atom stereocenters. The number of amides is 1. The summed E-state index contributed by atoms with van der Waals surface area (Å²) in [6.07, 6.45) is 8.37. The number of carboxylic acids is 1. The number of carbonyl (C=O) groups is 2. The van der Waals surface area contributed by atoms with Crippen LogP contribution in [0.3, 0.4) is 0 Å². The van der Waals surface area contributed by atoms with Gasteiger partial charge in [0.05, 0.1) is 22.5 Å². The summed E-state index contributed by atoms with van der Waals surface area (Å²) in [5.41, 5.74) is 0.916. The van der Waals surface area contributed by atoms with Gasteiger partial charge in [-0.05, 0) is 18.2 Å². The lowest BCUT2D eigenvalue weighted by Crippen LogP contribution is -2.25. The van der Waals surface area contributed by atoms with Gasteiger partial charge in [0.25, 0.3) is 0 Å². The van der Waals surface area contributed by atoms with Crippen molar-refractivity contribution in [3.05, 3.63) is 66.2 Å². The Balaban J connectivity index is 1.87. The van der Waals surface area contributed by atoms with Crippen molar-refractivity contribution < 1.29 is 19.8 Å². The van der Waals surface area contributed by atoms with E-state index in [0.29, 0.717) is 22.7 Å². The number of allylic oxidation sites excluding steroid dienone is 3. The van der Waals surface area contributed by atoms with Gasteiger partial charge in [0, 0.05) is 29.9 Å². The van der Waals surface area contributed by atoms with Gasteiger partial charge in [0.1, 0.15) is 5.75 Å². The van der Waals surface area contributed by atoms with E-state index in [9.17, 15) is 19.8 Å². The van der Waals surface area contributed by atoms with E-state index in [1.807, 2.05) is 0 Å². The predicted molar refractivity (Wildman–Crippen MR) is 105 cm³/mol. The number of thioether (sulfide) groups is 1. The van der Waals surface area contributed by atoms with Crippen LogP contribution in [0.1, 0.15) is 25.0 Å². The van der Waals surface area contributed by atoms with E-state index in [1.165, 1.54) is 18.3 Å². The highest BCUT2D eigenvalue weighted by Crippen LogP contribution is 2.27. The van der Waals surface area contributed by atoms with Crippen LogP contribution in [0.15, 0.2) is 60.5 Å². The number of aliphatic carboxylic acids is 1. The summed E-state index contributed by atoms with van der Waals surface area (Å²) in [7, 11) is 0. The van der Waals surface area contributed by atoms with E-state index in [-0.39, 0.29) is 35.1 Å². The van der Waals surface area contributed by atoms with Crippen molar-refractivity contribution >= 4 is 33.6 Å². The quantitative estimate of drug-likeness (QED) is 0.422. The molecule has 4 N–H and O–H groups in total. The van der Waals surface area contributed by atoms with E-state index >= 15 is 0 Å². The number of aromatic hydroxyl groups is 1. The molecule has 140 valence electrons. The molecule has 0 saturated heterocycles. The van der Waals surface area contributed by atoms with Crippen molar-refractivity contribution in [1.29, 1.82) is 5.41 Å². The van der Waals surface area contributed by atoms with Crippen LogP contribution in [0.25, 0.3) is 4.91 Å². The molecule has 0 spiro atoms. The second-order valence-corrected chi connectivity index (χ2v) is 6.78. The second-order valence-electron chi connectivity index (χ2n) is 5.59. The van der Waals surface area contributed by atoms with Gasteiger partial charge < -0.3 is 15.5 Å². The zero-order valence-electron chi connectivity index (χ0n) is 14.4. The summed E-state index contributed by atoms with van der Waals surface area (Å²) < 4.78 is 0. The van der Waals surface area contributed by atoms with Crippen LogP contribution in [0, 0.1) is 5.41 Å². The van der Waals surface area contributed by atoms with Gasteiger partial charge in [-0.3, -0.25) is 15.2 Å². The average Bonchev–Trinajstić information content (AvgIpc) is 2.86. The minimum atomic E-state index is -1.11. The van der Waals surface area contributed by atoms with Crippen LogP contribution in [-0.4, -0.2) is 32.1 Å². The average molecular weight is 385 g/mol. The Bertz CT molecular complexity index is 854. The molecule has 1 aliphatic carbocycles. The van der Waals surface area contributed by atoms with Crippen molar-refractivity contribution in [2.45, 2.75) is 19.3 Å². The Morgan fingerprint density at radius 3 is 2.74 bits per heavy atom. The molecule has 0 saturated carbocycles. The van der Waals surface area contributed by atoms with Crippen molar-refractivity contribution in [3.63, 3.8) is 0 Å². The standard InChI is InChI=1S/C19H19N3O4S/c1-12(15-8-7-13(23)11-21-15)27-17(20)9-10-18(24)22-16-6-4-2-3-5-14(16)19(25)26/h2-5,7-8,11,20,23H,1,6,9-10H2,(H,22,24)(H,25,26). The van der Waals surface area contributed by atoms with E-state index in [4.69, 9.17) is 5.41 Å². The zero-order chi connectivity index (χ0) is 19.8. The molecule has 1 aromatic heterocycles. The lowest BCUT2D eigenvalue weighted by molar-refractivity contribution is -0.132. The van der Waals surface area contributed by atoms with Gasteiger partial charge in [-0.2, -0.15) is 0 Å². The third-order valence-corrected chi connectivity index (χ3v) is 4.44. The summed E-state index contributed by atoms with van der Waals surface area (Å²) in [4.78, 5) is 28.0. The molecule has 1 heterocycles. The normalized spacial score (nSPS) is 13.2. The molecule has 0 atom stereocenters. The molecule has 0 aliphatic heterocycles. The summed E-state index contributed by atoms with van der Waals surface area (Å²) in [5, 5.41) is 29.3. The molecule has 1 amide bonds. The van der Waals surface area contributed by atoms with Crippen LogP contribution >= 0.6 is 11.8 Å². The molecule has 0 aromatic carbocycles. The molecular weight excluding hydrogens is 366 g/mol. The van der Waals surface area contributed by atoms with Crippen LogP contribution < -0.4 is 5.32 Å². The van der Waals surface area contributed by atoms with Gasteiger partial charge in [-0.25, -0.2) is 4.79 Å². The molecule has 7 nitrogen and oxygen atoms in total. The number of aromatic nitrogens is 1. The summed E-state index contributed by atoms with van der Waals surface area (Å²) in [6.45, 7) is 3.84. The Labute approximate surface area is 160 Å². The molecule has 27 heavy (non-hydrogen) atoms. The maximum atomic E-state index is 12.1. The lowest BCUT2D eigenvalue weighted by Gasteiger charge is -2.11. The van der Waals surface area contributed by atoms with E-state index < -0.39 is 5.97 Å². The molecular formula is C19H19N3O4S. The highest BCUT2D eigenvalue weighted by molar-refractivity contribution is 8.21. The smallest absolute Gasteiger partial charge is 0.337 e. The van der Waals surface area contributed by atoms with Crippen LogP contribution in [0.4, 0.5) is 0 Å². The topological polar surface area (TPSA) is 123 Å². The second kappa shape index (κ2) is 9.54. The third-order valence-electron chi connectivity index (χ3n) is 3.54. The number of pyridine rings is 1. The predicted octanol–water partition coefficient (Wildman–Crippen LogP) is 3.22. The fourth-order valence-corrected chi connectivity index (χ4v) is 2.93. The van der Waals surface area contributed by atoms with Crippen molar-refractivity contribution in [1.82, 2.24) is 10.3 Å². The number of hydrogen-bond donors (Lipinski definition) is 4. The summed E-state index contributed by atoms with van der Waals surface area (Å²) in [6, 6.07) is 3.08. The zero-order valence-corrected chi connectivity index (χ0v) is 15.3. The van der Waals surface area contributed by atoms with E-state index in [1.54, 1.807) is 24.3 Å². The minimum absolute atomic E-state index is 0.0431. The fourth-order valence-electron chi connectivity index (χ4n) is 2.21. The lowest BCUT2D eigenvalue weighted by atomic mass is 10.1. The largest absolute Gasteiger partial charge is 0.506 e. The van der Waals surface area contributed by atoms with E-state index in [0.717, 1.165) is 11.8 Å². The molecule has 1 aliphatic rings. The molecule has 1 aromatic rings. The molecule has 0 fully saturated rings. The molecule has 0 bridgehead atoms. The monoisotopic (exact) mass is 385 g/mol. The van der Waals surface area contributed by atoms with E-state index in [2.05, 4.69) is 16.9 Å². The number of nitrogens with zero attached hydrogens (tertiary/aromatic N) is 1. The maximum absolute atomic E-state index is 12.1. The molecule has 2 rings (SSSR count). The Hall–Kier alpha value is -3.13. The summed E-state index contributed by atoms with van der Waals surface area (Å²) >= 11 is 1.09. The number of hydrogen-bond acceptors (Lipinski definition) is 6. The van der Waals surface area contributed by atoms with Gasteiger partial charge in [0.15, 0.2) is 0 Å². The maximum Gasteiger partial charge on any atom is 0.337 e. The van der Waals surface area contributed by atoms with Crippen molar-refractivity contribution in [2.75, 3.05) is 0 Å². The van der Waals surface area contributed by atoms with Crippen molar-refractivity contribution in [3.8, 4) is 5.75 Å². The SMILES string of the molecule is C=C(SC(=N)CCC(=O)NC1=C(C(=O)O)C=CC=CC1)c1ccc(O)cn1. The summed E-state index contributed by atoms with van der Waals surface area (Å²) in [5.74, 6) is -1.42. The Morgan fingerprint density at radius 2 is 2.07 bits per heavy atom. The van der Waals surface area contributed by atoms with Crippen LogP contribution in [0.5, 0.6) is 5.75 Å². The Morgan fingerprint density at radius 1 is 1.30 bits per heavy atom. The van der Waals surface area contributed by atoms with Crippen LogP contribution in [-0.2, 0) is 9.59 Å². The highest BCUT2D eigenvalue weighted by atomic mass is 32.2. The first-order valence-corrected chi connectivity index (χ1v) is 8.87. The number of nitrogens with one attached hydrogen (secondary N) is 2.